The molecule has 7 heteroatoms. The second-order valence-corrected chi connectivity index (χ2v) is 7.71. The maximum Gasteiger partial charge on any atom is 0.257 e. The monoisotopic (exact) mass is 420 g/mol. The van der Waals surface area contributed by atoms with Crippen LogP contribution >= 0.6 is 23.2 Å². The number of carbonyl (C=O) groups is 2. The first-order valence-corrected chi connectivity index (χ1v) is 9.92. The molecule has 0 unspecified atom stereocenters. The van der Waals surface area contributed by atoms with Gasteiger partial charge in [0, 0.05) is 42.0 Å². The van der Waals surface area contributed by atoms with Crippen molar-refractivity contribution < 1.29 is 14.3 Å². The van der Waals surface area contributed by atoms with Crippen LogP contribution in [0, 0.1) is 5.92 Å². The van der Waals surface area contributed by atoms with Crippen molar-refractivity contribution in [3.05, 3.63) is 64.1 Å². The Morgan fingerprint density at radius 3 is 2.25 bits per heavy atom. The average Bonchev–Trinajstić information content (AvgIpc) is 2.66. The highest BCUT2D eigenvalue weighted by molar-refractivity contribution is 6.30. The fraction of sp³-hybridized carbons (Fsp3) is 0.333. The van der Waals surface area contributed by atoms with E-state index in [0.717, 1.165) is 5.56 Å². The molecule has 1 N–H and O–H groups in total. The number of carbonyl (C=O) groups excluding carboxylic acids is 2. The van der Waals surface area contributed by atoms with Crippen molar-refractivity contribution in [2.45, 2.75) is 12.8 Å². The van der Waals surface area contributed by atoms with Gasteiger partial charge in [-0.25, -0.2) is 0 Å². The van der Waals surface area contributed by atoms with Crippen LogP contribution < -0.4 is 10.1 Å². The van der Waals surface area contributed by atoms with E-state index in [1.807, 2.05) is 29.2 Å². The van der Waals surface area contributed by atoms with Crippen molar-refractivity contribution in [3.63, 3.8) is 0 Å². The smallest absolute Gasteiger partial charge is 0.257 e. The highest BCUT2D eigenvalue weighted by Gasteiger charge is 2.30. The molecular weight excluding hydrogens is 399 g/mol. The third-order valence-electron chi connectivity index (χ3n) is 4.62. The molecule has 1 fully saturated rings. The van der Waals surface area contributed by atoms with E-state index >= 15 is 0 Å². The van der Waals surface area contributed by atoms with Crippen molar-refractivity contribution in [3.8, 4) is 5.75 Å². The largest absolute Gasteiger partial charge is 0.484 e. The first-order chi connectivity index (χ1) is 13.5. The van der Waals surface area contributed by atoms with E-state index < -0.39 is 0 Å². The summed E-state index contributed by atoms with van der Waals surface area (Å²) in [6, 6.07) is 14.4. The molecular formula is C21H22Cl2N2O3. The molecule has 1 saturated heterocycles. The van der Waals surface area contributed by atoms with Gasteiger partial charge < -0.3 is 15.0 Å². The Morgan fingerprint density at radius 2 is 1.61 bits per heavy atom. The van der Waals surface area contributed by atoms with Crippen LogP contribution in [-0.4, -0.2) is 43.0 Å². The van der Waals surface area contributed by atoms with Crippen molar-refractivity contribution in [2.24, 2.45) is 5.92 Å². The lowest BCUT2D eigenvalue weighted by Gasteiger charge is -2.39. The van der Waals surface area contributed by atoms with Crippen LogP contribution in [0.2, 0.25) is 10.0 Å². The third kappa shape index (κ3) is 6.14. The number of ether oxygens (including phenoxy) is 1. The number of benzene rings is 2. The Bertz CT molecular complexity index is 801. The van der Waals surface area contributed by atoms with Crippen LogP contribution in [0.4, 0.5) is 0 Å². The summed E-state index contributed by atoms with van der Waals surface area (Å²) >= 11 is 11.7. The summed E-state index contributed by atoms with van der Waals surface area (Å²) in [6.45, 7) is 1.86. The predicted octanol–water partition coefficient (Wildman–Crippen LogP) is 3.58. The Labute approximate surface area is 174 Å². The van der Waals surface area contributed by atoms with Gasteiger partial charge in [0.05, 0.1) is 0 Å². The van der Waals surface area contributed by atoms with Gasteiger partial charge in [0.2, 0.25) is 5.91 Å². The van der Waals surface area contributed by atoms with Crippen LogP contribution in [0.5, 0.6) is 5.75 Å². The molecule has 1 aliphatic rings. The number of rotatable bonds is 8. The quantitative estimate of drug-likeness (QED) is 0.709. The summed E-state index contributed by atoms with van der Waals surface area (Å²) in [5.74, 6) is 0.852. The molecule has 0 aliphatic carbocycles. The van der Waals surface area contributed by atoms with E-state index in [0.29, 0.717) is 54.2 Å². The van der Waals surface area contributed by atoms with Gasteiger partial charge in [0.15, 0.2) is 6.61 Å². The van der Waals surface area contributed by atoms with Gasteiger partial charge in [0.1, 0.15) is 5.75 Å². The summed E-state index contributed by atoms with van der Waals surface area (Å²) in [5.41, 5.74) is 1.10. The zero-order valence-electron chi connectivity index (χ0n) is 15.4. The maximum absolute atomic E-state index is 12.2. The minimum Gasteiger partial charge on any atom is -0.484 e. The number of halogens is 2. The number of amides is 2. The molecule has 1 heterocycles. The Hall–Kier alpha value is -2.24. The molecule has 5 nitrogen and oxygen atoms in total. The fourth-order valence-electron chi connectivity index (χ4n) is 2.95. The van der Waals surface area contributed by atoms with E-state index in [9.17, 15) is 9.59 Å². The zero-order valence-corrected chi connectivity index (χ0v) is 16.9. The number of nitrogens with one attached hydrogen (secondary N) is 1. The molecule has 0 atom stereocenters. The standard InChI is InChI=1S/C21H22Cl2N2O3/c22-17-4-1-15(2-5-17)3-10-21(27)25-12-16(13-25)11-24-20(26)14-28-19-8-6-18(23)7-9-19/h1-2,4-9,16H,3,10-14H2,(H,24,26). The summed E-state index contributed by atoms with van der Waals surface area (Å²) in [6.07, 6.45) is 1.19. The molecule has 148 valence electrons. The first-order valence-electron chi connectivity index (χ1n) is 9.17. The molecule has 3 rings (SSSR count). The number of hydrogen-bond donors (Lipinski definition) is 1. The van der Waals surface area contributed by atoms with E-state index in [1.165, 1.54) is 0 Å². The summed E-state index contributed by atoms with van der Waals surface area (Å²) in [4.78, 5) is 25.9. The van der Waals surface area contributed by atoms with E-state index in [1.54, 1.807) is 24.3 Å². The molecule has 1 aliphatic heterocycles. The molecule has 2 aromatic rings. The molecule has 0 saturated carbocycles. The van der Waals surface area contributed by atoms with Crippen LogP contribution in [-0.2, 0) is 16.0 Å². The molecule has 0 bridgehead atoms. The Morgan fingerprint density at radius 1 is 1.00 bits per heavy atom. The number of hydrogen-bond acceptors (Lipinski definition) is 3. The van der Waals surface area contributed by atoms with Gasteiger partial charge in [-0.15, -0.1) is 0 Å². The summed E-state index contributed by atoms with van der Waals surface area (Å²) in [5, 5.41) is 4.16. The van der Waals surface area contributed by atoms with E-state index in [-0.39, 0.29) is 18.4 Å². The molecule has 0 spiro atoms. The number of likely N-dealkylation sites (tertiary alicyclic amines) is 1. The van der Waals surface area contributed by atoms with Gasteiger partial charge in [-0.05, 0) is 48.4 Å². The van der Waals surface area contributed by atoms with Crippen molar-refractivity contribution in [1.82, 2.24) is 10.2 Å². The minimum absolute atomic E-state index is 0.0436. The van der Waals surface area contributed by atoms with Crippen molar-refractivity contribution in [1.29, 1.82) is 0 Å². The lowest BCUT2D eigenvalue weighted by molar-refractivity contribution is -0.137. The zero-order chi connectivity index (χ0) is 19.9. The normalized spacial score (nSPS) is 13.7. The van der Waals surface area contributed by atoms with Gasteiger partial charge >= 0.3 is 0 Å². The second kappa shape index (κ2) is 9.80. The third-order valence-corrected chi connectivity index (χ3v) is 5.13. The van der Waals surface area contributed by atoms with Crippen LogP contribution in [0.1, 0.15) is 12.0 Å². The predicted molar refractivity (Wildman–Crippen MR) is 110 cm³/mol. The lowest BCUT2D eigenvalue weighted by Crippen LogP contribution is -2.54. The van der Waals surface area contributed by atoms with E-state index in [4.69, 9.17) is 27.9 Å². The van der Waals surface area contributed by atoms with Crippen LogP contribution in [0.15, 0.2) is 48.5 Å². The fourth-order valence-corrected chi connectivity index (χ4v) is 3.20. The molecule has 2 amide bonds. The van der Waals surface area contributed by atoms with E-state index in [2.05, 4.69) is 5.32 Å². The number of aryl methyl sites for hydroxylation is 1. The Kier molecular flexibility index (Phi) is 7.18. The first kappa shape index (κ1) is 20.5. The van der Waals surface area contributed by atoms with Crippen molar-refractivity contribution in [2.75, 3.05) is 26.2 Å². The highest BCUT2D eigenvalue weighted by Crippen LogP contribution is 2.18. The Balaban J connectivity index is 1.28. The summed E-state index contributed by atoms with van der Waals surface area (Å²) in [7, 11) is 0. The van der Waals surface area contributed by atoms with Gasteiger partial charge in [-0.3, -0.25) is 9.59 Å². The second-order valence-electron chi connectivity index (χ2n) is 6.84. The minimum atomic E-state index is -0.178. The summed E-state index contributed by atoms with van der Waals surface area (Å²) < 4.78 is 5.40. The molecule has 0 radical (unpaired) electrons. The maximum atomic E-state index is 12.2. The topological polar surface area (TPSA) is 58.6 Å². The molecule has 28 heavy (non-hydrogen) atoms. The van der Waals surface area contributed by atoms with Gasteiger partial charge in [-0.2, -0.15) is 0 Å². The van der Waals surface area contributed by atoms with Crippen LogP contribution in [0.3, 0.4) is 0 Å². The van der Waals surface area contributed by atoms with Crippen molar-refractivity contribution >= 4 is 35.0 Å². The van der Waals surface area contributed by atoms with Gasteiger partial charge in [-0.1, -0.05) is 35.3 Å². The lowest BCUT2D eigenvalue weighted by atomic mass is 9.99. The van der Waals surface area contributed by atoms with Gasteiger partial charge in [0.25, 0.3) is 5.91 Å². The van der Waals surface area contributed by atoms with Crippen LogP contribution in [0.25, 0.3) is 0 Å². The number of nitrogens with zero attached hydrogens (tertiary/aromatic N) is 1. The average molecular weight is 421 g/mol. The highest BCUT2D eigenvalue weighted by atomic mass is 35.5. The SMILES string of the molecule is O=C(COc1ccc(Cl)cc1)NCC1CN(C(=O)CCc2ccc(Cl)cc2)C1. The molecule has 0 aromatic heterocycles. The molecule has 2 aromatic carbocycles.